The highest BCUT2D eigenvalue weighted by atomic mass is 19.1. The highest BCUT2D eigenvalue weighted by molar-refractivity contribution is 6.20. The first kappa shape index (κ1) is 18.4. The highest BCUT2D eigenvalue weighted by Gasteiger charge is 2.25. The Hall–Kier alpha value is -2.99. The van der Waals surface area contributed by atoms with Crippen LogP contribution in [0.5, 0.6) is 0 Å². The fraction of sp³-hybridized carbons (Fsp3) is 0.273. The summed E-state index contributed by atoms with van der Waals surface area (Å²) in [6.45, 7) is 6.15. The number of benzene rings is 2. The largest absolute Gasteiger partial charge is 0.360 e. The molecule has 0 radical (unpaired) electrons. The minimum absolute atomic E-state index is 0.0610. The number of amides is 1. The molecule has 0 bridgehead atoms. The van der Waals surface area contributed by atoms with Crippen molar-refractivity contribution in [3.63, 3.8) is 0 Å². The van der Waals surface area contributed by atoms with Crippen molar-refractivity contribution in [1.29, 1.82) is 0 Å². The second-order valence-electron chi connectivity index (χ2n) is 6.99. The number of aromatic nitrogens is 1. The number of nitrogens with zero attached hydrogens (tertiary/aromatic N) is 2. The molecule has 2 heterocycles. The number of carbonyl (C=O) groups excluding carboxylic acids is 2. The zero-order valence-corrected chi connectivity index (χ0v) is 15.7. The number of fused-ring (bicyclic) bond motifs is 1. The first-order chi connectivity index (χ1) is 13.6. The average molecular weight is 379 g/mol. The normalized spacial score (nSPS) is 15.1. The zero-order chi connectivity index (χ0) is 19.7. The van der Waals surface area contributed by atoms with Crippen LogP contribution in [0.25, 0.3) is 10.9 Å². The van der Waals surface area contributed by atoms with Gasteiger partial charge in [0.15, 0.2) is 5.78 Å². The molecule has 1 fully saturated rings. The van der Waals surface area contributed by atoms with Gasteiger partial charge in [0.05, 0.1) is 0 Å². The second-order valence-corrected chi connectivity index (χ2v) is 6.99. The number of rotatable bonds is 4. The zero-order valence-electron chi connectivity index (χ0n) is 15.7. The van der Waals surface area contributed by atoms with Crippen molar-refractivity contribution in [1.82, 2.24) is 14.8 Å². The fourth-order valence-corrected chi connectivity index (χ4v) is 3.74. The molecule has 3 aromatic rings. The van der Waals surface area contributed by atoms with E-state index in [9.17, 15) is 14.0 Å². The van der Waals surface area contributed by atoms with Gasteiger partial charge in [-0.05, 0) is 42.9 Å². The van der Waals surface area contributed by atoms with Crippen LogP contribution in [0.4, 0.5) is 4.39 Å². The van der Waals surface area contributed by atoms with Crippen LogP contribution in [0.2, 0.25) is 0 Å². The molecule has 0 aliphatic carbocycles. The lowest BCUT2D eigenvalue weighted by Gasteiger charge is -2.34. The molecule has 2 aromatic carbocycles. The number of hydrogen-bond acceptors (Lipinski definition) is 3. The standard InChI is InChI=1S/C22H22FN3O2/c1-2-25-10-12-26(13-11-25)22(28)17-4-3-5-19-20(17)18(14-24-19)21(27)15-6-8-16(23)9-7-15/h3-9,14,24H,2,10-13H2,1H3. The number of H-pyrrole nitrogens is 1. The Morgan fingerprint density at radius 2 is 1.71 bits per heavy atom. The third-order valence-corrected chi connectivity index (χ3v) is 5.39. The van der Waals surface area contributed by atoms with E-state index in [0.29, 0.717) is 35.2 Å². The Balaban J connectivity index is 1.70. The van der Waals surface area contributed by atoms with Crippen LogP contribution >= 0.6 is 0 Å². The van der Waals surface area contributed by atoms with Crippen LogP contribution in [0.1, 0.15) is 33.2 Å². The van der Waals surface area contributed by atoms with Gasteiger partial charge >= 0.3 is 0 Å². The molecule has 6 heteroatoms. The molecule has 28 heavy (non-hydrogen) atoms. The Kier molecular flexibility index (Phi) is 4.96. The van der Waals surface area contributed by atoms with Crippen LogP contribution in [0.15, 0.2) is 48.7 Å². The Morgan fingerprint density at radius 3 is 2.39 bits per heavy atom. The number of piperazine rings is 1. The minimum atomic E-state index is -0.391. The predicted molar refractivity (Wildman–Crippen MR) is 106 cm³/mol. The molecule has 1 aliphatic rings. The summed E-state index contributed by atoms with van der Waals surface area (Å²) in [5.41, 5.74) is 2.08. The summed E-state index contributed by atoms with van der Waals surface area (Å²) in [5.74, 6) is -0.686. The van der Waals surface area contributed by atoms with Crippen molar-refractivity contribution in [3.8, 4) is 0 Å². The Labute approximate surface area is 162 Å². The molecule has 144 valence electrons. The number of carbonyl (C=O) groups is 2. The maximum absolute atomic E-state index is 13.2. The van der Waals surface area contributed by atoms with Crippen LogP contribution in [0.3, 0.4) is 0 Å². The van der Waals surface area contributed by atoms with E-state index >= 15 is 0 Å². The summed E-state index contributed by atoms with van der Waals surface area (Å²) in [7, 11) is 0. The summed E-state index contributed by atoms with van der Waals surface area (Å²) >= 11 is 0. The van der Waals surface area contributed by atoms with Gasteiger partial charge in [-0.3, -0.25) is 9.59 Å². The highest BCUT2D eigenvalue weighted by Crippen LogP contribution is 2.26. The molecule has 0 atom stereocenters. The van der Waals surface area contributed by atoms with Crippen molar-refractivity contribution in [2.45, 2.75) is 6.92 Å². The van der Waals surface area contributed by atoms with Gasteiger partial charge in [-0.1, -0.05) is 13.0 Å². The number of nitrogens with one attached hydrogen (secondary N) is 1. The molecular formula is C22H22FN3O2. The van der Waals surface area contributed by atoms with Gasteiger partial charge in [-0.2, -0.15) is 0 Å². The maximum atomic E-state index is 13.2. The van der Waals surface area contributed by atoms with Crippen molar-refractivity contribution >= 4 is 22.6 Å². The van der Waals surface area contributed by atoms with Crippen LogP contribution in [-0.4, -0.2) is 59.2 Å². The van der Waals surface area contributed by atoms with Gasteiger partial charge in [0, 0.05) is 60.0 Å². The Bertz CT molecular complexity index is 1020. The first-order valence-electron chi connectivity index (χ1n) is 9.50. The fourth-order valence-electron chi connectivity index (χ4n) is 3.74. The lowest BCUT2D eigenvalue weighted by atomic mass is 9.98. The third-order valence-electron chi connectivity index (χ3n) is 5.39. The predicted octanol–water partition coefficient (Wildman–Crippen LogP) is 3.32. The molecule has 0 unspecified atom stereocenters. The van der Waals surface area contributed by atoms with Crippen LogP contribution in [-0.2, 0) is 0 Å². The molecule has 1 N–H and O–H groups in total. The summed E-state index contributed by atoms with van der Waals surface area (Å²) in [4.78, 5) is 33.4. The SMILES string of the molecule is CCN1CCN(C(=O)c2cccc3[nH]cc(C(=O)c4ccc(F)cc4)c23)CC1. The van der Waals surface area contributed by atoms with Gasteiger partial charge in [-0.15, -0.1) is 0 Å². The second kappa shape index (κ2) is 7.56. The number of aromatic amines is 1. The van der Waals surface area contributed by atoms with Gasteiger partial charge < -0.3 is 14.8 Å². The smallest absolute Gasteiger partial charge is 0.254 e. The molecule has 0 spiro atoms. The van der Waals surface area contributed by atoms with Crippen LogP contribution in [0, 0.1) is 5.82 Å². The number of likely N-dealkylation sites (N-methyl/N-ethyl adjacent to an activating group) is 1. The van der Waals surface area contributed by atoms with E-state index < -0.39 is 5.82 Å². The van der Waals surface area contributed by atoms with Crippen molar-refractivity contribution in [2.24, 2.45) is 0 Å². The van der Waals surface area contributed by atoms with Gasteiger partial charge in [0.2, 0.25) is 0 Å². The quantitative estimate of drug-likeness (QED) is 0.708. The molecular weight excluding hydrogens is 357 g/mol. The van der Waals surface area contributed by atoms with Crippen molar-refractivity contribution in [2.75, 3.05) is 32.7 Å². The first-order valence-corrected chi connectivity index (χ1v) is 9.50. The van der Waals surface area contributed by atoms with Gasteiger partial charge in [0.1, 0.15) is 5.82 Å². The van der Waals surface area contributed by atoms with E-state index in [1.54, 1.807) is 12.3 Å². The van der Waals surface area contributed by atoms with E-state index in [4.69, 9.17) is 0 Å². The Morgan fingerprint density at radius 1 is 1.00 bits per heavy atom. The number of ketones is 1. The van der Waals surface area contributed by atoms with Crippen molar-refractivity contribution < 1.29 is 14.0 Å². The monoisotopic (exact) mass is 379 g/mol. The van der Waals surface area contributed by atoms with E-state index in [2.05, 4.69) is 16.8 Å². The lowest BCUT2D eigenvalue weighted by Crippen LogP contribution is -2.48. The maximum Gasteiger partial charge on any atom is 0.254 e. The van der Waals surface area contributed by atoms with Gasteiger partial charge in [-0.25, -0.2) is 4.39 Å². The van der Waals surface area contributed by atoms with E-state index in [1.807, 2.05) is 17.0 Å². The van der Waals surface area contributed by atoms with E-state index in [0.717, 1.165) is 25.2 Å². The molecule has 5 nitrogen and oxygen atoms in total. The van der Waals surface area contributed by atoms with E-state index in [1.165, 1.54) is 24.3 Å². The molecule has 1 saturated heterocycles. The summed E-state index contributed by atoms with van der Waals surface area (Å²) in [5, 5.41) is 0.625. The topological polar surface area (TPSA) is 56.4 Å². The van der Waals surface area contributed by atoms with Gasteiger partial charge in [0.25, 0.3) is 5.91 Å². The molecule has 1 aliphatic heterocycles. The number of hydrogen-bond donors (Lipinski definition) is 1. The summed E-state index contributed by atoms with van der Waals surface area (Å²) in [6.07, 6.45) is 1.63. The molecule has 1 aromatic heterocycles. The molecule has 4 rings (SSSR count). The van der Waals surface area contributed by atoms with E-state index in [-0.39, 0.29) is 11.7 Å². The minimum Gasteiger partial charge on any atom is -0.360 e. The third kappa shape index (κ3) is 3.31. The average Bonchev–Trinajstić information content (AvgIpc) is 3.17. The lowest BCUT2D eigenvalue weighted by molar-refractivity contribution is 0.0645. The summed E-state index contributed by atoms with van der Waals surface area (Å²) in [6, 6.07) is 10.9. The van der Waals surface area contributed by atoms with Crippen LogP contribution < -0.4 is 0 Å². The molecule has 0 saturated carbocycles. The van der Waals surface area contributed by atoms with Crippen molar-refractivity contribution in [3.05, 3.63) is 71.2 Å². The molecule has 1 amide bonds. The number of halogens is 1. The summed E-state index contributed by atoms with van der Waals surface area (Å²) < 4.78 is 13.2.